The van der Waals surface area contributed by atoms with Crippen molar-refractivity contribution in [2.24, 2.45) is 0 Å². The molecular formula is C15H12F3NO2. The fraction of sp³-hybridized carbons (Fsp3) is 0.133. The van der Waals surface area contributed by atoms with Gasteiger partial charge in [0.2, 0.25) is 0 Å². The van der Waals surface area contributed by atoms with Gasteiger partial charge in [-0.1, -0.05) is 12.1 Å². The van der Waals surface area contributed by atoms with Crippen molar-refractivity contribution in [2.75, 3.05) is 11.9 Å². The quantitative estimate of drug-likeness (QED) is 0.911. The summed E-state index contributed by atoms with van der Waals surface area (Å²) in [5, 5.41) is 11.1. The van der Waals surface area contributed by atoms with Gasteiger partial charge in [0.25, 0.3) is 5.91 Å². The van der Waals surface area contributed by atoms with Gasteiger partial charge in [0.1, 0.15) is 23.0 Å². The minimum absolute atomic E-state index is 0.00227. The summed E-state index contributed by atoms with van der Waals surface area (Å²) >= 11 is 0. The van der Waals surface area contributed by atoms with Crippen LogP contribution < -0.4 is 5.32 Å². The number of rotatable bonds is 4. The first-order chi connectivity index (χ1) is 10.0. The number of aliphatic hydroxyl groups excluding tert-OH is 1. The van der Waals surface area contributed by atoms with Crippen molar-refractivity contribution in [3.8, 4) is 0 Å². The van der Waals surface area contributed by atoms with Gasteiger partial charge in [-0.2, -0.15) is 0 Å². The molecule has 0 fully saturated rings. The van der Waals surface area contributed by atoms with Crippen molar-refractivity contribution < 1.29 is 23.1 Å². The topological polar surface area (TPSA) is 49.3 Å². The third kappa shape index (κ3) is 3.61. The van der Waals surface area contributed by atoms with Crippen LogP contribution in [0.4, 0.5) is 18.9 Å². The van der Waals surface area contributed by atoms with E-state index in [0.717, 1.165) is 5.56 Å². The third-order valence-electron chi connectivity index (χ3n) is 2.85. The summed E-state index contributed by atoms with van der Waals surface area (Å²) in [4.78, 5) is 11.8. The summed E-state index contributed by atoms with van der Waals surface area (Å²) < 4.78 is 39.7. The lowest BCUT2D eigenvalue weighted by Crippen LogP contribution is -2.16. The molecule has 0 radical (unpaired) electrons. The molecule has 3 nitrogen and oxygen atoms in total. The van der Waals surface area contributed by atoms with E-state index in [2.05, 4.69) is 5.32 Å². The summed E-state index contributed by atoms with van der Waals surface area (Å²) in [5.41, 5.74) is 0.357. The van der Waals surface area contributed by atoms with Crippen LogP contribution in [0.25, 0.3) is 0 Å². The monoisotopic (exact) mass is 295 g/mol. The molecule has 0 aliphatic heterocycles. The highest BCUT2D eigenvalue weighted by molar-refractivity contribution is 6.04. The highest BCUT2D eigenvalue weighted by Gasteiger charge is 2.19. The van der Waals surface area contributed by atoms with Gasteiger partial charge in [0.15, 0.2) is 0 Å². The lowest BCUT2D eigenvalue weighted by molar-refractivity contribution is 0.101. The second kappa shape index (κ2) is 6.41. The number of anilines is 1. The van der Waals surface area contributed by atoms with E-state index in [0.29, 0.717) is 24.2 Å². The van der Waals surface area contributed by atoms with Gasteiger partial charge in [0.05, 0.1) is 0 Å². The van der Waals surface area contributed by atoms with Gasteiger partial charge in [-0.3, -0.25) is 4.79 Å². The molecule has 2 aromatic carbocycles. The van der Waals surface area contributed by atoms with Crippen molar-refractivity contribution in [3.63, 3.8) is 0 Å². The predicted octanol–water partition coefficient (Wildman–Crippen LogP) is 2.89. The molecule has 0 bridgehead atoms. The molecule has 2 aromatic rings. The molecule has 0 saturated heterocycles. The molecule has 2 N–H and O–H groups in total. The Morgan fingerprint density at radius 2 is 1.62 bits per heavy atom. The van der Waals surface area contributed by atoms with E-state index in [1.807, 2.05) is 0 Å². The number of carbonyl (C=O) groups is 1. The van der Waals surface area contributed by atoms with Crippen LogP contribution in [0.15, 0.2) is 36.4 Å². The van der Waals surface area contributed by atoms with Crippen LogP contribution >= 0.6 is 0 Å². The SMILES string of the molecule is O=C(Nc1ccc(CCO)cc1)c1c(F)cc(F)cc1F. The first-order valence-corrected chi connectivity index (χ1v) is 6.17. The van der Waals surface area contributed by atoms with Crippen molar-refractivity contribution in [3.05, 3.63) is 65.0 Å². The Morgan fingerprint density at radius 3 is 2.14 bits per heavy atom. The Labute approximate surface area is 119 Å². The fourth-order valence-corrected chi connectivity index (χ4v) is 1.84. The first kappa shape index (κ1) is 15.1. The Bertz CT molecular complexity index is 633. The molecule has 0 saturated carbocycles. The maximum absolute atomic E-state index is 13.5. The molecule has 0 aromatic heterocycles. The number of hydrogen-bond acceptors (Lipinski definition) is 2. The zero-order chi connectivity index (χ0) is 15.4. The highest BCUT2D eigenvalue weighted by Crippen LogP contribution is 2.17. The first-order valence-electron chi connectivity index (χ1n) is 6.17. The summed E-state index contributed by atoms with van der Waals surface area (Å²) in [6.45, 7) is -0.00227. The molecule has 1 amide bonds. The zero-order valence-corrected chi connectivity index (χ0v) is 10.9. The second-order valence-electron chi connectivity index (χ2n) is 4.37. The lowest BCUT2D eigenvalue weighted by atomic mass is 10.1. The number of hydrogen-bond donors (Lipinski definition) is 2. The summed E-state index contributed by atoms with van der Waals surface area (Å²) in [7, 11) is 0. The van der Waals surface area contributed by atoms with Gasteiger partial charge in [-0.15, -0.1) is 0 Å². The Hall–Kier alpha value is -2.34. The van der Waals surface area contributed by atoms with E-state index in [1.165, 1.54) is 0 Å². The summed E-state index contributed by atoms with van der Waals surface area (Å²) in [6.07, 6.45) is 0.468. The highest BCUT2D eigenvalue weighted by atomic mass is 19.1. The van der Waals surface area contributed by atoms with Crippen molar-refractivity contribution in [1.82, 2.24) is 0 Å². The number of halogens is 3. The smallest absolute Gasteiger partial charge is 0.261 e. The van der Waals surface area contributed by atoms with Gasteiger partial charge in [0, 0.05) is 24.4 Å². The number of benzene rings is 2. The maximum Gasteiger partial charge on any atom is 0.261 e. The summed E-state index contributed by atoms with van der Waals surface area (Å²) in [5.74, 6) is -4.61. The zero-order valence-electron chi connectivity index (χ0n) is 10.9. The largest absolute Gasteiger partial charge is 0.396 e. The number of carbonyl (C=O) groups excluding carboxylic acids is 1. The van der Waals surface area contributed by atoms with Gasteiger partial charge in [-0.05, 0) is 24.1 Å². The van der Waals surface area contributed by atoms with Crippen LogP contribution in [-0.4, -0.2) is 17.6 Å². The molecule has 0 heterocycles. The van der Waals surface area contributed by atoms with Gasteiger partial charge >= 0.3 is 0 Å². The van der Waals surface area contributed by atoms with Crippen LogP contribution in [-0.2, 0) is 6.42 Å². The van der Waals surface area contributed by atoms with E-state index in [1.54, 1.807) is 24.3 Å². The Kier molecular flexibility index (Phi) is 4.59. The van der Waals surface area contributed by atoms with Crippen LogP contribution in [0.5, 0.6) is 0 Å². The number of aliphatic hydroxyl groups is 1. The minimum Gasteiger partial charge on any atom is -0.396 e. The molecule has 0 atom stereocenters. The summed E-state index contributed by atoms with van der Waals surface area (Å²) in [6, 6.07) is 7.32. The minimum atomic E-state index is -1.26. The van der Waals surface area contributed by atoms with Crippen LogP contribution in [0.1, 0.15) is 15.9 Å². The second-order valence-corrected chi connectivity index (χ2v) is 4.37. The maximum atomic E-state index is 13.5. The van der Waals surface area contributed by atoms with Gasteiger partial charge in [-0.25, -0.2) is 13.2 Å². The normalized spacial score (nSPS) is 10.5. The van der Waals surface area contributed by atoms with Crippen LogP contribution in [0.2, 0.25) is 0 Å². The Morgan fingerprint density at radius 1 is 1.05 bits per heavy atom. The standard InChI is InChI=1S/C15H12F3NO2/c16-10-7-12(17)14(13(18)8-10)15(21)19-11-3-1-9(2-4-11)5-6-20/h1-4,7-8,20H,5-6H2,(H,19,21). The van der Waals surface area contributed by atoms with Crippen LogP contribution in [0, 0.1) is 17.5 Å². The molecule has 2 rings (SSSR count). The average Bonchev–Trinajstić information content (AvgIpc) is 2.40. The van der Waals surface area contributed by atoms with Crippen molar-refractivity contribution in [1.29, 1.82) is 0 Å². The molecule has 0 spiro atoms. The molecule has 0 aliphatic rings. The Balaban J connectivity index is 2.18. The van der Waals surface area contributed by atoms with E-state index < -0.39 is 28.9 Å². The van der Waals surface area contributed by atoms with Gasteiger partial charge < -0.3 is 10.4 Å². The molecule has 21 heavy (non-hydrogen) atoms. The third-order valence-corrected chi connectivity index (χ3v) is 2.85. The van der Waals surface area contributed by atoms with E-state index in [-0.39, 0.29) is 6.61 Å². The fourth-order valence-electron chi connectivity index (χ4n) is 1.84. The number of nitrogens with one attached hydrogen (secondary N) is 1. The van der Waals surface area contributed by atoms with Crippen molar-refractivity contribution >= 4 is 11.6 Å². The number of amides is 1. The molecule has 0 unspecified atom stereocenters. The van der Waals surface area contributed by atoms with Crippen molar-refractivity contribution in [2.45, 2.75) is 6.42 Å². The average molecular weight is 295 g/mol. The predicted molar refractivity (Wildman–Crippen MR) is 71.5 cm³/mol. The van der Waals surface area contributed by atoms with E-state index >= 15 is 0 Å². The molecule has 6 heteroatoms. The van der Waals surface area contributed by atoms with E-state index in [9.17, 15) is 18.0 Å². The van der Waals surface area contributed by atoms with E-state index in [4.69, 9.17) is 5.11 Å². The molecule has 0 aliphatic carbocycles. The molecule has 110 valence electrons. The van der Waals surface area contributed by atoms with Crippen LogP contribution in [0.3, 0.4) is 0 Å². The lowest BCUT2D eigenvalue weighted by Gasteiger charge is -2.08. The molecular weight excluding hydrogens is 283 g/mol.